The Kier molecular flexibility index (Phi) is 5.89. The molecule has 0 amide bonds. The summed E-state index contributed by atoms with van der Waals surface area (Å²) in [6.07, 6.45) is 0. The average molecular weight is 303 g/mol. The third-order valence-electron chi connectivity index (χ3n) is 2.75. The van der Waals surface area contributed by atoms with Crippen LogP contribution in [-0.2, 0) is 0 Å². The Morgan fingerprint density at radius 1 is 1.10 bits per heavy atom. The van der Waals surface area contributed by atoms with Crippen molar-refractivity contribution in [2.75, 3.05) is 19.4 Å². The van der Waals surface area contributed by atoms with Crippen LogP contribution in [0.5, 0.6) is 5.75 Å². The summed E-state index contributed by atoms with van der Waals surface area (Å²) in [5, 5.41) is 3.28. The molecule has 4 heteroatoms. The molecule has 104 valence electrons. The molecule has 0 aliphatic carbocycles. The maximum Gasteiger partial charge on any atom is 0.118 e. The molecule has 0 fully saturated rings. The third-order valence-corrected chi connectivity index (χ3v) is 4.15. The van der Waals surface area contributed by atoms with E-state index in [1.807, 2.05) is 42.1 Å². The van der Waals surface area contributed by atoms with Crippen molar-refractivity contribution in [3.05, 3.63) is 60.2 Å². The molecular weight excluding hydrogens is 286 g/mol. The minimum atomic E-state index is 0.779. The minimum Gasteiger partial charge on any atom is -0.497 e. The second-order valence-corrected chi connectivity index (χ2v) is 5.72. The van der Waals surface area contributed by atoms with Gasteiger partial charge in [0, 0.05) is 22.8 Å². The maximum atomic E-state index is 5.37. The van der Waals surface area contributed by atoms with Crippen LogP contribution in [0.4, 0.5) is 0 Å². The van der Waals surface area contributed by atoms with Crippen LogP contribution in [0.3, 0.4) is 0 Å². The Balaban J connectivity index is 1.74. The first kappa shape index (κ1) is 14.9. The molecule has 0 spiro atoms. The van der Waals surface area contributed by atoms with E-state index in [2.05, 4.69) is 29.6 Å². The molecule has 2 aromatic carbocycles. The van der Waals surface area contributed by atoms with Crippen LogP contribution < -0.4 is 10.1 Å². The number of methoxy groups -OCH3 is 1. The van der Waals surface area contributed by atoms with E-state index < -0.39 is 0 Å². The summed E-state index contributed by atoms with van der Waals surface area (Å²) < 4.78 is 5.13. The molecule has 0 atom stereocenters. The minimum absolute atomic E-state index is 0.779. The average Bonchev–Trinajstić information content (AvgIpc) is 2.52. The van der Waals surface area contributed by atoms with E-state index in [0.717, 1.165) is 28.6 Å². The number of rotatable bonds is 6. The molecule has 2 nitrogen and oxygen atoms in total. The van der Waals surface area contributed by atoms with Gasteiger partial charge in [-0.15, -0.1) is 11.8 Å². The van der Waals surface area contributed by atoms with Gasteiger partial charge < -0.3 is 10.1 Å². The molecule has 0 saturated heterocycles. The Labute approximate surface area is 129 Å². The van der Waals surface area contributed by atoms with Gasteiger partial charge >= 0.3 is 0 Å². The first-order valence-corrected chi connectivity index (χ1v) is 7.79. The summed E-state index contributed by atoms with van der Waals surface area (Å²) in [7, 11) is 1.66. The topological polar surface area (TPSA) is 21.3 Å². The predicted octanol–water partition coefficient (Wildman–Crippen LogP) is 3.75. The standard InChI is InChI=1S/C16H17NOS2/c1-18-14-9-7-13(8-10-14)16(19)17-11-12-20-15-5-3-2-4-6-15/h2-10H,11-12H2,1H3,(H,17,19). The van der Waals surface area contributed by atoms with Crippen LogP contribution in [0.2, 0.25) is 0 Å². The number of hydrogen-bond acceptors (Lipinski definition) is 3. The Morgan fingerprint density at radius 2 is 1.80 bits per heavy atom. The first-order chi connectivity index (χ1) is 9.79. The van der Waals surface area contributed by atoms with Crippen molar-refractivity contribution in [2.45, 2.75) is 4.90 Å². The highest BCUT2D eigenvalue weighted by atomic mass is 32.2. The number of nitrogens with one attached hydrogen (secondary N) is 1. The number of thioether (sulfide) groups is 1. The highest BCUT2D eigenvalue weighted by Crippen LogP contribution is 2.16. The lowest BCUT2D eigenvalue weighted by atomic mass is 10.2. The smallest absolute Gasteiger partial charge is 0.118 e. The van der Waals surface area contributed by atoms with E-state index in [1.54, 1.807) is 7.11 Å². The van der Waals surface area contributed by atoms with Crippen LogP contribution in [0.15, 0.2) is 59.5 Å². The molecule has 0 aliphatic heterocycles. The largest absolute Gasteiger partial charge is 0.497 e. The molecule has 1 N–H and O–H groups in total. The van der Waals surface area contributed by atoms with Gasteiger partial charge in [-0.05, 0) is 36.4 Å². The zero-order chi connectivity index (χ0) is 14.2. The fourth-order valence-corrected chi connectivity index (χ4v) is 2.72. The zero-order valence-corrected chi connectivity index (χ0v) is 13.0. The molecule has 0 unspecified atom stereocenters. The van der Waals surface area contributed by atoms with E-state index >= 15 is 0 Å². The number of ether oxygens (including phenoxy) is 1. The monoisotopic (exact) mass is 303 g/mol. The second-order valence-electron chi connectivity index (χ2n) is 4.15. The number of thiocarbonyl (C=S) groups is 1. The maximum absolute atomic E-state index is 5.37. The van der Waals surface area contributed by atoms with Crippen molar-refractivity contribution >= 4 is 29.0 Å². The van der Waals surface area contributed by atoms with Crippen LogP contribution in [0.25, 0.3) is 0 Å². The lowest BCUT2D eigenvalue weighted by Crippen LogP contribution is -2.24. The van der Waals surface area contributed by atoms with Gasteiger partial charge in [-0.25, -0.2) is 0 Å². The van der Waals surface area contributed by atoms with Crippen LogP contribution in [0.1, 0.15) is 5.56 Å². The molecule has 20 heavy (non-hydrogen) atoms. The molecular formula is C16H17NOS2. The highest BCUT2D eigenvalue weighted by Gasteiger charge is 2.01. The van der Waals surface area contributed by atoms with Crippen molar-refractivity contribution in [3.63, 3.8) is 0 Å². The van der Waals surface area contributed by atoms with Gasteiger partial charge in [-0.3, -0.25) is 0 Å². The van der Waals surface area contributed by atoms with E-state index in [1.165, 1.54) is 4.90 Å². The Morgan fingerprint density at radius 3 is 2.45 bits per heavy atom. The van der Waals surface area contributed by atoms with Gasteiger partial charge in [-0.1, -0.05) is 30.4 Å². The highest BCUT2D eigenvalue weighted by molar-refractivity contribution is 7.99. The van der Waals surface area contributed by atoms with Crippen molar-refractivity contribution < 1.29 is 4.74 Å². The summed E-state index contributed by atoms with van der Waals surface area (Å²) in [6.45, 7) is 0.852. The first-order valence-electron chi connectivity index (χ1n) is 6.39. The quantitative estimate of drug-likeness (QED) is 0.498. The van der Waals surface area contributed by atoms with Crippen molar-refractivity contribution in [3.8, 4) is 5.75 Å². The van der Waals surface area contributed by atoms with E-state index in [-0.39, 0.29) is 0 Å². The van der Waals surface area contributed by atoms with E-state index in [9.17, 15) is 0 Å². The third kappa shape index (κ3) is 4.54. The lowest BCUT2D eigenvalue weighted by molar-refractivity contribution is 0.415. The zero-order valence-electron chi connectivity index (χ0n) is 11.3. The molecule has 0 aliphatic rings. The summed E-state index contributed by atoms with van der Waals surface area (Å²) in [6, 6.07) is 18.1. The van der Waals surface area contributed by atoms with Gasteiger partial charge in [0.15, 0.2) is 0 Å². The molecule has 2 aromatic rings. The van der Waals surface area contributed by atoms with Crippen molar-refractivity contribution in [2.24, 2.45) is 0 Å². The summed E-state index contributed by atoms with van der Waals surface area (Å²) in [5.41, 5.74) is 1.02. The summed E-state index contributed by atoms with van der Waals surface area (Å²) in [4.78, 5) is 2.06. The lowest BCUT2D eigenvalue weighted by Gasteiger charge is -2.08. The summed E-state index contributed by atoms with van der Waals surface area (Å²) >= 11 is 7.19. The summed E-state index contributed by atoms with van der Waals surface area (Å²) in [5.74, 6) is 1.83. The predicted molar refractivity (Wildman–Crippen MR) is 89.9 cm³/mol. The molecule has 0 heterocycles. The molecule has 2 rings (SSSR count). The van der Waals surface area contributed by atoms with Gasteiger partial charge in [0.1, 0.15) is 10.7 Å². The number of benzene rings is 2. The van der Waals surface area contributed by atoms with E-state index in [4.69, 9.17) is 17.0 Å². The van der Waals surface area contributed by atoms with Crippen LogP contribution in [0, 0.1) is 0 Å². The SMILES string of the molecule is COc1ccc(C(=S)NCCSc2ccccc2)cc1. The van der Waals surface area contributed by atoms with E-state index in [0.29, 0.717) is 0 Å². The van der Waals surface area contributed by atoms with Gasteiger partial charge in [-0.2, -0.15) is 0 Å². The normalized spacial score (nSPS) is 10.1. The van der Waals surface area contributed by atoms with Crippen LogP contribution >= 0.6 is 24.0 Å². The Bertz CT molecular complexity index is 540. The van der Waals surface area contributed by atoms with Gasteiger partial charge in [0.05, 0.1) is 7.11 Å². The van der Waals surface area contributed by atoms with Gasteiger partial charge in [0.2, 0.25) is 0 Å². The molecule has 0 aromatic heterocycles. The Hall–Kier alpha value is -1.52. The van der Waals surface area contributed by atoms with Crippen molar-refractivity contribution in [1.82, 2.24) is 5.32 Å². The molecule has 0 bridgehead atoms. The molecule has 0 radical (unpaired) electrons. The second kappa shape index (κ2) is 7.92. The van der Waals surface area contributed by atoms with Crippen LogP contribution in [-0.4, -0.2) is 24.4 Å². The molecule has 0 saturated carbocycles. The van der Waals surface area contributed by atoms with Gasteiger partial charge in [0.25, 0.3) is 0 Å². The van der Waals surface area contributed by atoms with Crippen molar-refractivity contribution in [1.29, 1.82) is 0 Å². The fraction of sp³-hybridized carbons (Fsp3) is 0.188. The number of hydrogen-bond donors (Lipinski definition) is 1. The fourth-order valence-electron chi connectivity index (χ4n) is 1.69.